The summed E-state index contributed by atoms with van der Waals surface area (Å²) < 4.78 is 4.55. The molecule has 6 heteroatoms. The second-order valence-corrected chi connectivity index (χ2v) is 3.72. The van der Waals surface area contributed by atoms with Crippen LogP contribution in [0.5, 0.6) is 0 Å². The maximum absolute atomic E-state index is 10.9. The second kappa shape index (κ2) is 8.01. The maximum atomic E-state index is 10.9. The molecule has 0 unspecified atom stereocenters. The summed E-state index contributed by atoms with van der Waals surface area (Å²) in [5, 5.41) is 19.5. The van der Waals surface area contributed by atoms with Crippen molar-refractivity contribution in [1.29, 1.82) is 5.26 Å². The van der Waals surface area contributed by atoms with Crippen molar-refractivity contribution in [2.45, 2.75) is 25.7 Å². The number of nitrogens with zero attached hydrogens (tertiary/aromatic N) is 3. The van der Waals surface area contributed by atoms with Gasteiger partial charge in [-0.05, 0) is 18.9 Å². The van der Waals surface area contributed by atoms with Crippen LogP contribution >= 0.6 is 0 Å². The lowest BCUT2D eigenvalue weighted by atomic mass is 10.2. The molecule has 0 aliphatic heterocycles. The van der Waals surface area contributed by atoms with Crippen LogP contribution in [0.25, 0.3) is 0 Å². The van der Waals surface area contributed by atoms with E-state index in [-0.39, 0.29) is 5.97 Å². The molecule has 0 amide bonds. The van der Waals surface area contributed by atoms with Gasteiger partial charge < -0.3 is 10.1 Å². The van der Waals surface area contributed by atoms with Crippen LogP contribution in [0.4, 0.5) is 5.82 Å². The van der Waals surface area contributed by atoms with E-state index in [0.717, 1.165) is 19.3 Å². The summed E-state index contributed by atoms with van der Waals surface area (Å²) in [7, 11) is 1.39. The van der Waals surface area contributed by atoms with E-state index >= 15 is 0 Å². The summed E-state index contributed by atoms with van der Waals surface area (Å²) in [6.07, 6.45) is 4.56. The molecule has 0 spiro atoms. The fourth-order valence-electron chi connectivity index (χ4n) is 1.43. The molecule has 1 N–H and O–H groups in total. The number of rotatable bonds is 7. The topological polar surface area (TPSA) is 87.9 Å². The molecule has 0 saturated carbocycles. The van der Waals surface area contributed by atoms with Gasteiger partial charge in [0.1, 0.15) is 6.07 Å². The van der Waals surface area contributed by atoms with Crippen molar-refractivity contribution in [3.05, 3.63) is 17.8 Å². The largest absolute Gasteiger partial charge is 0.469 e. The Kier molecular flexibility index (Phi) is 6.19. The number of carbonyl (C=O) groups is 1. The van der Waals surface area contributed by atoms with Gasteiger partial charge in [-0.2, -0.15) is 10.4 Å². The predicted molar refractivity (Wildman–Crippen MR) is 65.7 cm³/mol. The van der Waals surface area contributed by atoms with Gasteiger partial charge in [0.25, 0.3) is 0 Å². The van der Waals surface area contributed by atoms with Crippen molar-refractivity contribution >= 4 is 11.8 Å². The Bertz CT molecular complexity index is 428. The molecule has 1 rings (SSSR count). The summed E-state index contributed by atoms with van der Waals surface area (Å²) in [5.74, 6) is 0.330. The van der Waals surface area contributed by atoms with E-state index in [0.29, 0.717) is 24.3 Å². The van der Waals surface area contributed by atoms with Crippen LogP contribution in [0.2, 0.25) is 0 Å². The van der Waals surface area contributed by atoms with Gasteiger partial charge in [-0.15, -0.1) is 5.10 Å². The van der Waals surface area contributed by atoms with E-state index in [2.05, 4.69) is 20.3 Å². The van der Waals surface area contributed by atoms with Gasteiger partial charge in [-0.3, -0.25) is 4.79 Å². The van der Waals surface area contributed by atoms with E-state index in [4.69, 9.17) is 5.26 Å². The number of carbonyl (C=O) groups excluding carboxylic acids is 1. The number of hydrogen-bond acceptors (Lipinski definition) is 6. The zero-order chi connectivity index (χ0) is 13.2. The lowest BCUT2D eigenvalue weighted by Gasteiger charge is -2.05. The van der Waals surface area contributed by atoms with Crippen molar-refractivity contribution in [3.8, 4) is 6.07 Å². The standard InChI is InChI=1S/C12H16N4O2/c1-18-11(17)5-3-2-4-7-14-12-10(9-13)6-8-15-16-12/h6,8H,2-5,7H2,1H3,(H,14,16). The quantitative estimate of drug-likeness (QED) is 0.581. The molecule has 1 aromatic heterocycles. The molecule has 0 aliphatic rings. The average molecular weight is 248 g/mol. The summed E-state index contributed by atoms with van der Waals surface area (Å²) in [6, 6.07) is 3.66. The molecular weight excluding hydrogens is 232 g/mol. The van der Waals surface area contributed by atoms with Gasteiger partial charge in [-0.25, -0.2) is 0 Å². The number of ether oxygens (including phenoxy) is 1. The highest BCUT2D eigenvalue weighted by Crippen LogP contribution is 2.08. The highest BCUT2D eigenvalue weighted by molar-refractivity contribution is 5.68. The molecule has 96 valence electrons. The fourth-order valence-corrected chi connectivity index (χ4v) is 1.43. The Balaban J connectivity index is 2.18. The first-order valence-corrected chi connectivity index (χ1v) is 5.80. The first-order chi connectivity index (χ1) is 8.77. The number of aromatic nitrogens is 2. The third kappa shape index (κ3) is 4.78. The highest BCUT2D eigenvalue weighted by atomic mass is 16.5. The summed E-state index contributed by atoms with van der Waals surface area (Å²) in [4.78, 5) is 10.9. The second-order valence-electron chi connectivity index (χ2n) is 3.72. The van der Waals surface area contributed by atoms with Crippen molar-refractivity contribution < 1.29 is 9.53 Å². The molecular formula is C12H16N4O2. The molecule has 0 saturated heterocycles. The first kappa shape index (κ1) is 13.9. The van der Waals surface area contributed by atoms with Crippen molar-refractivity contribution in [2.24, 2.45) is 0 Å². The fraction of sp³-hybridized carbons (Fsp3) is 0.500. The molecule has 0 bridgehead atoms. The van der Waals surface area contributed by atoms with Crippen LogP contribution < -0.4 is 5.32 Å². The van der Waals surface area contributed by atoms with E-state index in [1.165, 1.54) is 13.3 Å². The number of nitrogens with one attached hydrogen (secondary N) is 1. The lowest BCUT2D eigenvalue weighted by Crippen LogP contribution is -2.06. The van der Waals surface area contributed by atoms with E-state index in [1.807, 2.05) is 6.07 Å². The van der Waals surface area contributed by atoms with Crippen molar-refractivity contribution in [3.63, 3.8) is 0 Å². The Morgan fingerprint density at radius 3 is 3.06 bits per heavy atom. The molecule has 0 radical (unpaired) electrons. The molecule has 0 aliphatic carbocycles. The van der Waals surface area contributed by atoms with Crippen LogP contribution in [0.1, 0.15) is 31.2 Å². The number of unbranched alkanes of at least 4 members (excludes halogenated alkanes) is 2. The summed E-state index contributed by atoms with van der Waals surface area (Å²) in [6.45, 7) is 0.703. The van der Waals surface area contributed by atoms with Gasteiger partial charge in [0.05, 0.1) is 18.9 Å². The molecule has 0 fully saturated rings. The molecule has 1 heterocycles. The molecule has 0 aromatic carbocycles. The van der Waals surface area contributed by atoms with Gasteiger partial charge in [0, 0.05) is 13.0 Å². The Morgan fingerprint density at radius 2 is 2.33 bits per heavy atom. The van der Waals surface area contributed by atoms with E-state index < -0.39 is 0 Å². The van der Waals surface area contributed by atoms with E-state index in [1.54, 1.807) is 6.07 Å². The zero-order valence-corrected chi connectivity index (χ0v) is 10.3. The van der Waals surface area contributed by atoms with Crippen LogP contribution in [-0.4, -0.2) is 29.8 Å². The minimum absolute atomic E-state index is 0.177. The Labute approximate surface area is 106 Å². The third-order valence-corrected chi connectivity index (χ3v) is 2.42. The molecule has 1 aromatic rings. The average Bonchev–Trinajstić information content (AvgIpc) is 2.42. The van der Waals surface area contributed by atoms with Crippen LogP contribution in [0, 0.1) is 11.3 Å². The number of anilines is 1. The Hall–Kier alpha value is -2.16. The molecule has 18 heavy (non-hydrogen) atoms. The van der Waals surface area contributed by atoms with Crippen LogP contribution in [0.3, 0.4) is 0 Å². The van der Waals surface area contributed by atoms with Gasteiger partial charge in [-0.1, -0.05) is 6.42 Å². The number of nitriles is 1. The summed E-state index contributed by atoms with van der Waals surface area (Å²) in [5.41, 5.74) is 0.486. The molecule has 6 nitrogen and oxygen atoms in total. The van der Waals surface area contributed by atoms with Crippen LogP contribution in [-0.2, 0) is 9.53 Å². The van der Waals surface area contributed by atoms with E-state index in [9.17, 15) is 4.79 Å². The number of esters is 1. The van der Waals surface area contributed by atoms with Gasteiger partial charge >= 0.3 is 5.97 Å². The minimum atomic E-state index is -0.177. The first-order valence-electron chi connectivity index (χ1n) is 5.80. The van der Waals surface area contributed by atoms with Gasteiger partial charge in [0.2, 0.25) is 0 Å². The summed E-state index contributed by atoms with van der Waals surface area (Å²) >= 11 is 0. The number of hydrogen-bond donors (Lipinski definition) is 1. The third-order valence-electron chi connectivity index (χ3n) is 2.42. The highest BCUT2D eigenvalue weighted by Gasteiger charge is 2.02. The lowest BCUT2D eigenvalue weighted by molar-refractivity contribution is -0.140. The monoisotopic (exact) mass is 248 g/mol. The van der Waals surface area contributed by atoms with Crippen molar-refractivity contribution in [2.75, 3.05) is 19.0 Å². The maximum Gasteiger partial charge on any atom is 0.305 e. The minimum Gasteiger partial charge on any atom is -0.469 e. The Morgan fingerprint density at radius 1 is 1.50 bits per heavy atom. The normalized spacial score (nSPS) is 9.56. The van der Waals surface area contributed by atoms with Crippen LogP contribution in [0.15, 0.2) is 12.3 Å². The van der Waals surface area contributed by atoms with Gasteiger partial charge in [0.15, 0.2) is 5.82 Å². The van der Waals surface area contributed by atoms with Crippen molar-refractivity contribution in [1.82, 2.24) is 10.2 Å². The predicted octanol–water partition coefficient (Wildman–Crippen LogP) is 1.49. The SMILES string of the molecule is COC(=O)CCCCCNc1nnccc1C#N. The molecule has 0 atom stereocenters. The number of methoxy groups -OCH3 is 1. The zero-order valence-electron chi connectivity index (χ0n) is 10.3. The smallest absolute Gasteiger partial charge is 0.305 e.